The van der Waals surface area contributed by atoms with Gasteiger partial charge >= 0.3 is 0 Å². The summed E-state index contributed by atoms with van der Waals surface area (Å²) in [5, 5.41) is 2.99. The van der Waals surface area contributed by atoms with E-state index in [0.29, 0.717) is 18.7 Å². The standard InChI is InChI=1S/C26H30N2O2S/c1-3-28(4-2)23-14-10-21(11-15-23)20-27-26(29)22-12-16-24(17-13-22)30-18-19-31-25-8-6-5-7-9-25/h5-17H,3-4,18-20H2,1-2H3,(H,27,29). The van der Waals surface area contributed by atoms with Crippen LogP contribution in [-0.2, 0) is 6.54 Å². The fraction of sp³-hybridized carbons (Fsp3) is 0.269. The Balaban J connectivity index is 1.42. The number of amides is 1. The molecule has 5 heteroatoms. The van der Waals surface area contributed by atoms with Gasteiger partial charge in [0.1, 0.15) is 5.75 Å². The number of carbonyl (C=O) groups is 1. The Morgan fingerprint density at radius 3 is 2.23 bits per heavy atom. The molecule has 31 heavy (non-hydrogen) atoms. The van der Waals surface area contributed by atoms with Gasteiger partial charge in [-0.05, 0) is 67.9 Å². The van der Waals surface area contributed by atoms with Gasteiger partial charge in [0.25, 0.3) is 5.91 Å². The molecule has 0 atom stereocenters. The third kappa shape index (κ3) is 7.07. The van der Waals surface area contributed by atoms with Crippen molar-refractivity contribution in [3.63, 3.8) is 0 Å². The van der Waals surface area contributed by atoms with Crippen LogP contribution in [0.15, 0.2) is 83.8 Å². The largest absolute Gasteiger partial charge is 0.493 e. The molecule has 162 valence electrons. The Kier molecular flexibility index (Phi) is 8.85. The zero-order valence-corrected chi connectivity index (χ0v) is 19.0. The van der Waals surface area contributed by atoms with Crippen molar-refractivity contribution in [2.24, 2.45) is 0 Å². The number of hydrogen-bond donors (Lipinski definition) is 1. The molecule has 0 radical (unpaired) electrons. The van der Waals surface area contributed by atoms with E-state index in [0.717, 1.165) is 30.2 Å². The Morgan fingerprint density at radius 1 is 0.903 bits per heavy atom. The third-order valence-electron chi connectivity index (χ3n) is 5.00. The molecule has 3 rings (SSSR count). The van der Waals surface area contributed by atoms with Crippen LogP contribution in [-0.4, -0.2) is 31.4 Å². The van der Waals surface area contributed by atoms with Crippen LogP contribution in [0.5, 0.6) is 5.75 Å². The van der Waals surface area contributed by atoms with E-state index in [1.807, 2.05) is 30.3 Å². The number of benzene rings is 3. The second-order valence-corrected chi connectivity index (χ2v) is 8.22. The first kappa shape index (κ1) is 22.8. The summed E-state index contributed by atoms with van der Waals surface area (Å²) in [6.07, 6.45) is 0. The van der Waals surface area contributed by atoms with Gasteiger partial charge in [0.05, 0.1) is 6.61 Å². The van der Waals surface area contributed by atoms with Crippen LogP contribution >= 0.6 is 11.8 Å². The number of rotatable bonds is 11. The van der Waals surface area contributed by atoms with Crippen molar-refractivity contribution in [2.45, 2.75) is 25.3 Å². The van der Waals surface area contributed by atoms with Gasteiger partial charge in [-0.25, -0.2) is 0 Å². The van der Waals surface area contributed by atoms with Crippen molar-refractivity contribution >= 4 is 23.4 Å². The molecule has 0 aliphatic heterocycles. The highest BCUT2D eigenvalue weighted by Crippen LogP contribution is 2.18. The maximum absolute atomic E-state index is 12.5. The normalized spacial score (nSPS) is 10.5. The molecular weight excluding hydrogens is 404 g/mol. The summed E-state index contributed by atoms with van der Waals surface area (Å²) >= 11 is 1.77. The van der Waals surface area contributed by atoms with Crippen LogP contribution in [0.4, 0.5) is 5.69 Å². The first-order valence-electron chi connectivity index (χ1n) is 10.7. The monoisotopic (exact) mass is 434 g/mol. The smallest absolute Gasteiger partial charge is 0.251 e. The predicted molar refractivity (Wildman–Crippen MR) is 130 cm³/mol. The van der Waals surface area contributed by atoms with Crippen LogP contribution in [0.3, 0.4) is 0 Å². The fourth-order valence-electron chi connectivity index (χ4n) is 3.24. The third-order valence-corrected chi connectivity index (χ3v) is 5.97. The molecule has 0 aliphatic carbocycles. The Bertz CT molecular complexity index is 924. The fourth-order valence-corrected chi connectivity index (χ4v) is 3.99. The van der Waals surface area contributed by atoms with E-state index in [1.54, 1.807) is 23.9 Å². The minimum absolute atomic E-state index is 0.0843. The molecule has 0 spiro atoms. The molecule has 0 bridgehead atoms. The molecule has 0 saturated carbocycles. The molecule has 3 aromatic carbocycles. The molecule has 4 nitrogen and oxygen atoms in total. The molecule has 3 aromatic rings. The number of nitrogens with zero attached hydrogens (tertiary/aromatic N) is 1. The molecule has 0 aromatic heterocycles. The van der Waals surface area contributed by atoms with Crippen molar-refractivity contribution < 1.29 is 9.53 Å². The molecule has 0 aliphatic rings. The number of thioether (sulfide) groups is 1. The van der Waals surface area contributed by atoms with E-state index in [-0.39, 0.29) is 5.91 Å². The highest BCUT2D eigenvalue weighted by Gasteiger charge is 2.07. The lowest BCUT2D eigenvalue weighted by Crippen LogP contribution is -2.23. The van der Waals surface area contributed by atoms with Gasteiger partial charge < -0.3 is 15.0 Å². The molecule has 1 amide bonds. The van der Waals surface area contributed by atoms with Crippen molar-refractivity contribution in [1.29, 1.82) is 0 Å². The highest BCUT2D eigenvalue weighted by molar-refractivity contribution is 7.99. The Labute approximate surface area is 189 Å². The SMILES string of the molecule is CCN(CC)c1ccc(CNC(=O)c2ccc(OCCSc3ccccc3)cc2)cc1. The lowest BCUT2D eigenvalue weighted by atomic mass is 10.1. The summed E-state index contributed by atoms with van der Waals surface area (Å²) in [7, 11) is 0. The molecule has 0 heterocycles. The Hall–Kier alpha value is -2.92. The number of nitrogens with one attached hydrogen (secondary N) is 1. The van der Waals surface area contributed by atoms with Crippen molar-refractivity contribution in [3.05, 3.63) is 90.0 Å². The number of carbonyl (C=O) groups excluding carboxylic acids is 1. The van der Waals surface area contributed by atoms with Crippen molar-refractivity contribution in [2.75, 3.05) is 30.3 Å². The van der Waals surface area contributed by atoms with Gasteiger partial charge in [-0.2, -0.15) is 0 Å². The van der Waals surface area contributed by atoms with E-state index in [4.69, 9.17) is 4.74 Å². The van der Waals surface area contributed by atoms with Gasteiger partial charge in [0, 0.05) is 41.5 Å². The first-order valence-corrected chi connectivity index (χ1v) is 11.7. The van der Waals surface area contributed by atoms with Crippen molar-refractivity contribution in [1.82, 2.24) is 5.32 Å². The predicted octanol–water partition coefficient (Wildman–Crippen LogP) is 5.63. The van der Waals surface area contributed by atoms with Gasteiger partial charge in [-0.3, -0.25) is 4.79 Å². The van der Waals surface area contributed by atoms with E-state index < -0.39 is 0 Å². The minimum atomic E-state index is -0.0843. The van der Waals surface area contributed by atoms with Gasteiger partial charge in [0.2, 0.25) is 0 Å². The van der Waals surface area contributed by atoms with Gasteiger partial charge in [-0.1, -0.05) is 30.3 Å². The molecular formula is C26H30N2O2S. The van der Waals surface area contributed by atoms with Crippen LogP contribution < -0.4 is 15.0 Å². The summed E-state index contributed by atoms with van der Waals surface area (Å²) in [6.45, 7) is 7.40. The van der Waals surface area contributed by atoms with Gasteiger partial charge in [0.15, 0.2) is 0 Å². The average Bonchev–Trinajstić information content (AvgIpc) is 2.83. The number of anilines is 1. The topological polar surface area (TPSA) is 41.6 Å². The zero-order valence-electron chi connectivity index (χ0n) is 18.2. The quantitative estimate of drug-likeness (QED) is 0.313. The van der Waals surface area contributed by atoms with Crippen LogP contribution in [0.2, 0.25) is 0 Å². The van der Waals surface area contributed by atoms with E-state index in [1.165, 1.54) is 10.6 Å². The zero-order chi connectivity index (χ0) is 21.9. The number of hydrogen-bond acceptors (Lipinski definition) is 4. The summed E-state index contributed by atoms with van der Waals surface area (Å²) < 4.78 is 5.78. The molecule has 0 saturated heterocycles. The maximum atomic E-state index is 12.5. The average molecular weight is 435 g/mol. The van der Waals surface area contributed by atoms with Crippen molar-refractivity contribution in [3.8, 4) is 5.75 Å². The molecule has 0 unspecified atom stereocenters. The highest BCUT2D eigenvalue weighted by atomic mass is 32.2. The van der Waals surface area contributed by atoms with E-state index in [2.05, 4.69) is 60.5 Å². The second-order valence-electron chi connectivity index (χ2n) is 7.06. The van der Waals surface area contributed by atoms with Gasteiger partial charge in [-0.15, -0.1) is 11.8 Å². The minimum Gasteiger partial charge on any atom is -0.493 e. The summed E-state index contributed by atoms with van der Waals surface area (Å²) in [5.41, 5.74) is 2.92. The molecule has 0 fully saturated rings. The number of ether oxygens (including phenoxy) is 1. The van der Waals surface area contributed by atoms with Crippen LogP contribution in [0, 0.1) is 0 Å². The summed E-state index contributed by atoms with van der Waals surface area (Å²) in [4.78, 5) is 16.0. The first-order chi connectivity index (χ1) is 15.2. The summed E-state index contributed by atoms with van der Waals surface area (Å²) in [6, 6.07) is 25.9. The van der Waals surface area contributed by atoms with Crippen LogP contribution in [0.25, 0.3) is 0 Å². The second kappa shape index (κ2) is 12.1. The maximum Gasteiger partial charge on any atom is 0.251 e. The van der Waals surface area contributed by atoms with E-state index in [9.17, 15) is 4.79 Å². The summed E-state index contributed by atoms with van der Waals surface area (Å²) in [5.74, 6) is 1.57. The van der Waals surface area contributed by atoms with E-state index >= 15 is 0 Å². The lowest BCUT2D eigenvalue weighted by Gasteiger charge is -2.21. The molecule has 1 N–H and O–H groups in total. The lowest BCUT2D eigenvalue weighted by molar-refractivity contribution is 0.0951. The van der Waals surface area contributed by atoms with Crippen LogP contribution in [0.1, 0.15) is 29.8 Å². The Morgan fingerprint density at radius 2 is 1.58 bits per heavy atom.